The molecule has 0 saturated carbocycles. The minimum absolute atomic E-state index is 0.0395. The summed E-state index contributed by atoms with van der Waals surface area (Å²) in [5, 5.41) is 29.2. The average Bonchev–Trinajstić information content (AvgIpc) is 3.08. The fourth-order valence-electron chi connectivity index (χ4n) is 3.31. The van der Waals surface area contributed by atoms with Gasteiger partial charge in [0.1, 0.15) is 16.9 Å². The van der Waals surface area contributed by atoms with E-state index in [4.69, 9.17) is 22.0 Å². The van der Waals surface area contributed by atoms with Gasteiger partial charge in [-0.2, -0.15) is 0 Å². The number of rotatable bonds is 3. The average molecular weight is 399 g/mol. The van der Waals surface area contributed by atoms with E-state index >= 15 is 0 Å². The third-order valence-electron chi connectivity index (χ3n) is 4.74. The normalized spacial score (nSPS) is 15.7. The Kier molecular flexibility index (Phi) is 4.36. The van der Waals surface area contributed by atoms with E-state index in [9.17, 15) is 5.11 Å². The molecule has 0 radical (unpaired) electrons. The molecule has 27 heavy (non-hydrogen) atoms. The summed E-state index contributed by atoms with van der Waals surface area (Å²) in [5.41, 5.74) is 3.87. The number of nitrogens with zero attached hydrogens (tertiary/aromatic N) is 4. The van der Waals surface area contributed by atoms with Gasteiger partial charge in [0.2, 0.25) is 0 Å². The molecule has 3 aromatic rings. The lowest BCUT2D eigenvalue weighted by Crippen LogP contribution is -2.20. The number of benzene rings is 1. The molecule has 0 saturated heterocycles. The predicted octanol–water partition coefficient (Wildman–Crippen LogP) is 3.53. The number of hydrogen-bond acceptors (Lipinski definition) is 6. The van der Waals surface area contributed by atoms with Crippen LogP contribution in [0.1, 0.15) is 45.7 Å². The van der Waals surface area contributed by atoms with Crippen molar-refractivity contribution in [1.29, 1.82) is 5.41 Å². The van der Waals surface area contributed by atoms with Gasteiger partial charge >= 0.3 is 0 Å². The molecule has 0 amide bonds. The van der Waals surface area contributed by atoms with E-state index < -0.39 is 11.9 Å². The molecular formula is C19H17ClN5OS-. The SMILES string of the molecule is Cc1sc2c(c1C)C(c1ccc(Cl)cc1)=N[C@@H](CC(=N)[O-])c1nnc(C)n1-2. The number of halogens is 1. The largest absolute Gasteiger partial charge is 0.862 e. The third-order valence-corrected chi connectivity index (χ3v) is 6.18. The lowest BCUT2D eigenvalue weighted by atomic mass is 9.99. The first kappa shape index (κ1) is 17.9. The van der Waals surface area contributed by atoms with Crippen LogP contribution in [0.3, 0.4) is 0 Å². The minimum Gasteiger partial charge on any atom is -0.862 e. The van der Waals surface area contributed by atoms with Gasteiger partial charge in [-0.25, -0.2) is 0 Å². The number of fused-ring (bicyclic) bond motifs is 3. The van der Waals surface area contributed by atoms with Crippen LogP contribution in [0.4, 0.5) is 0 Å². The molecule has 0 bridgehead atoms. The summed E-state index contributed by atoms with van der Waals surface area (Å²) in [5.74, 6) is 0.659. The van der Waals surface area contributed by atoms with Gasteiger partial charge in [-0.15, -0.1) is 21.5 Å². The summed E-state index contributed by atoms with van der Waals surface area (Å²) in [6.45, 7) is 6.04. The Labute approximate surface area is 165 Å². The molecule has 6 nitrogen and oxygen atoms in total. The van der Waals surface area contributed by atoms with E-state index in [1.807, 2.05) is 35.8 Å². The molecule has 0 fully saturated rings. The van der Waals surface area contributed by atoms with Gasteiger partial charge in [-0.05, 0) is 44.4 Å². The summed E-state index contributed by atoms with van der Waals surface area (Å²) in [6.07, 6.45) is -0.0395. The van der Waals surface area contributed by atoms with Crippen molar-refractivity contribution in [3.63, 3.8) is 0 Å². The maximum Gasteiger partial charge on any atom is 0.163 e. The maximum absolute atomic E-state index is 11.6. The van der Waals surface area contributed by atoms with E-state index in [1.54, 1.807) is 11.3 Å². The molecule has 4 rings (SSSR count). The second-order valence-electron chi connectivity index (χ2n) is 6.53. The van der Waals surface area contributed by atoms with E-state index in [-0.39, 0.29) is 6.42 Å². The van der Waals surface area contributed by atoms with Crippen LogP contribution in [0.15, 0.2) is 29.3 Å². The Morgan fingerprint density at radius 3 is 2.59 bits per heavy atom. The summed E-state index contributed by atoms with van der Waals surface area (Å²) in [7, 11) is 0. The van der Waals surface area contributed by atoms with Crippen molar-refractivity contribution in [2.24, 2.45) is 4.99 Å². The quantitative estimate of drug-likeness (QED) is 0.540. The van der Waals surface area contributed by atoms with Crippen LogP contribution in [0, 0.1) is 26.2 Å². The topological polar surface area (TPSA) is 90.0 Å². The van der Waals surface area contributed by atoms with Crippen LogP contribution in [-0.4, -0.2) is 26.4 Å². The Balaban J connectivity index is 2.04. The van der Waals surface area contributed by atoms with E-state index in [0.717, 1.165) is 33.2 Å². The summed E-state index contributed by atoms with van der Waals surface area (Å²) in [6, 6.07) is 6.95. The Bertz CT molecular complexity index is 1080. The molecule has 1 aliphatic rings. The van der Waals surface area contributed by atoms with Gasteiger partial charge in [0, 0.05) is 27.4 Å². The van der Waals surface area contributed by atoms with Crippen LogP contribution in [0.2, 0.25) is 5.02 Å². The molecule has 1 N–H and O–H groups in total. The van der Waals surface area contributed by atoms with Crippen molar-refractivity contribution < 1.29 is 5.11 Å². The molecule has 1 aromatic carbocycles. The van der Waals surface area contributed by atoms with Crippen molar-refractivity contribution in [2.45, 2.75) is 33.2 Å². The van der Waals surface area contributed by atoms with Gasteiger partial charge in [-0.1, -0.05) is 23.7 Å². The van der Waals surface area contributed by atoms with E-state index in [2.05, 4.69) is 24.0 Å². The number of nitrogens with one attached hydrogen (secondary N) is 1. The minimum atomic E-state index is -0.676. The number of aryl methyl sites for hydroxylation is 2. The monoisotopic (exact) mass is 398 g/mol. The second-order valence-corrected chi connectivity index (χ2v) is 8.17. The molecule has 8 heteroatoms. The number of thiophene rings is 1. The number of aliphatic imine (C=N–C) groups is 1. The Morgan fingerprint density at radius 1 is 1.22 bits per heavy atom. The molecular weight excluding hydrogens is 382 g/mol. The zero-order valence-corrected chi connectivity index (χ0v) is 16.6. The predicted molar refractivity (Wildman–Crippen MR) is 106 cm³/mol. The highest BCUT2D eigenvalue weighted by molar-refractivity contribution is 7.15. The van der Waals surface area contributed by atoms with Crippen LogP contribution in [-0.2, 0) is 0 Å². The van der Waals surface area contributed by atoms with Gasteiger partial charge < -0.3 is 10.5 Å². The van der Waals surface area contributed by atoms with Crippen molar-refractivity contribution in [1.82, 2.24) is 14.8 Å². The number of aromatic nitrogens is 3. The molecule has 0 spiro atoms. The zero-order chi connectivity index (χ0) is 19.3. The Hall–Kier alpha value is -2.51. The first-order chi connectivity index (χ1) is 12.9. The van der Waals surface area contributed by atoms with E-state index in [1.165, 1.54) is 4.88 Å². The highest BCUT2D eigenvalue weighted by Crippen LogP contribution is 2.39. The molecule has 3 heterocycles. The standard InChI is InChI=1S/C19H18ClN5OS/c1-9-10(2)27-19-16(9)17(12-4-6-13(20)7-5-12)22-14(8-15(21)26)18-24-23-11(3)25(18)19/h4-7,14H,8H2,1-3H3,(H2,21,26)/p-1/t14-/m0/s1. The zero-order valence-electron chi connectivity index (χ0n) is 15.1. The second kappa shape index (κ2) is 6.58. The lowest BCUT2D eigenvalue weighted by molar-refractivity contribution is -0.220. The summed E-state index contributed by atoms with van der Waals surface area (Å²) in [4.78, 5) is 6.09. The third kappa shape index (κ3) is 2.96. The highest BCUT2D eigenvalue weighted by Gasteiger charge is 2.31. The molecule has 1 atom stereocenters. The van der Waals surface area contributed by atoms with Gasteiger partial charge in [0.15, 0.2) is 5.82 Å². The van der Waals surface area contributed by atoms with Crippen molar-refractivity contribution in [2.75, 3.05) is 0 Å². The summed E-state index contributed by atoms with van der Waals surface area (Å²) < 4.78 is 1.97. The molecule has 0 aliphatic carbocycles. The van der Waals surface area contributed by atoms with E-state index in [0.29, 0.717) is 10.8 Å². The van der Waals surface area contributed by atoms with Crippen LogP contribution in [0.5, 0.6) is 0 Å². The number of hydrogen-bond donors (Lipinski definition) is 1. The van der Waals surface area contributed by atoms with Gasteiger partial charge in [0.25, 0.3) is 0 Å². The first-order valence-electron chi connectivity index (χ1n) is 8.47. The lowest BCUT2D eigenvalue weighted by Gasteiger charge is -2.15. The van der Waals surface area contributed by atoms with Crippen molar-refractivity contribution in [3.8, 4) is 5.00 Å². The fraction of sp³-hybridized carbons (Fsp3) is 0.263. The van der Waals surface area contributed by atoms with Crippen LogP contribution in [0.25, 0.3) is 5.00 Å². The Morgan fingerprint density at radius 2 is 1.93 bits per heavy atom. The van der Waals surface area contributed by atoms with Crippen LogP contribution < -0.4 is 5.11 Å². The summed E-state index contributed by atoms with van der Waals surface area (Å²) >= 11 is 7.72. The molecule has 0 unspecified atom stereocenters. The molecule has 2 aromatic heterocycles. The van der Waals surface area contributed by atoms with Crippen LogP contribution >= 0.6 is 22.9 Å². The molecule has 1 aliphatic heterocycles. The fourth-order valence-corrected chi connectivity index (χ4v) is 4.65. The van der Waals surface area contributed by atoms with Crippen molar-refractivity contribution >= 4 is 34.5 Å². The first-order valence-corrected chi connectivity index (χ1v) is 9.67. The highest BCUT2D eigenvalue weighted by atomic mass is 35.5. The maximum atomic E-state index is 11.6. The smallest absolute Gasteiger partial charge is 0.163 e. The molecule has 138 valence electrons. The van der Waals surface area contributed by atoms with Gasteiger partial charge in [0.05, 0.1) is 5.71 Å². The van der Waals surface area contributed by atoms with Gasteiger partial charge in [-0.3, -0.25) is 9.56 Å². The van der Waals surface area contributed by atoms with Crippen molar-refractivity contribution in [3.05, 3.63) is 62.5 Å².